The van der Waals surface area contributed by atoms with Crippen molar-refractivity contribution in [3.8, 4) is 0 Å². The molecule has 1 aromatic rings. The lowest BCUT2D eigenvalue weighted by Gasteiger charge is -2.09. The molecule has 0 heterocycles. The minimum atomic E-state index is 0.000628. The maximum Gasteiger partial charge on any atom is 0.240 e. The minimum absolute atomic E-state index is 0.000628. The molecule has 0 bridgehead atoms. The lowest BCUT2D eigenvalue weighted by molar-refractivity contribution is 0.552. The molecule has 0 saturated heterocycles. The Morgan fingerprint density at radius 2 is 2.16 bits per heavy atom. The lowest BCUT2D eigenvalue weighted by Crippen LogP contribution is -2.07. The van der Waals surface area contributed by atoms with Gasteiger partial charge in [0.25, 0.3) is 0 Å². The van der Waals surface area contributed by atoms with Crippen LogP contribution in [0.25, 0.3) is 0 Å². The molecule has 4 nitrogen and oxygen atoms in total. The van der Waals surface area contributed by atoms with E-state index >= 15 is 0 Å². The molecule has 0 radical (unpaired) electrons. The van der Waals surface area contributed by atoms with Crippen LogP contribution in [0.4, 0.5) is 5.69 Å². The Morgan fingerprint density at radius 1 is 1.32 bits per heavy atom. The summed E-state index contributed by atoms with van der Waals surface area (Å²) < 4.78 is 0. The summed E-state index contributed by atoms with van der Waals surface area (Å²) in [5.74, 6) is 0.726. The van der Waals surface area contributed by atoms with Crippen molar-refractivity contribution >= 4 is 29.6 Å². The van der Waals surface area contributed by atoms with Crippen LogP contribution in [0.2, 0.25) is 0 Å². The van der Waals surface area contributed by atoms with Crippen molar-refractivity contribution in [2.75, 3.05) is 5.75 Å². The second-order valence-electron chi connectivity index (χ2n) is 4.03. The molecule has 0 aromatic heterocycles. The number of rotatable bonds is 8. The summed E-state index contributed by atoms with van der Waals surface area (Å²) in [5, 5.41) is 0. The van der Waals surface area contributed by atoms with Crippen LogP contribution in [-0.4, -0.2) is 24.0 Å². The fraction of sp³-hybridized carbons (Fsp3) is 0.429. The smallest absolute Gasteiger partial charge is 0.211 e. The second kappa shape index (κ2) is 9.29. The molecule has 5 heteroatoms. The third-order valence-electron chi connectivity index (χ3n) is 2.56. The van der Waals surface area contributed by atoms with Crippen LogP contribution in [0.1, 0.15) is 26.2 Å². The molecule has 1 aromatic carbocycles. The molecule has 0 spiro atoms. The third-order valence-corrected chi connectivity index (χ3v) is 3.70. The van der Waals surface area contributed by atoms with Crippen molar-refractivity contribution in [3.63, 3.8) is 0 Å². The molecule has 0 saturated carbocycles. The first kappa shape index (κ1) is 15.4. The highest BCUT2D eigenvalue weighted by Gasteiger charge is 2.07. The van der Waals surface area contributed by atoms with Crippen LogP contribution < -0.4 is 0 Å². The molecule has 0 N–H and O–H groups in total. The molecular formula is C14H16N2O2S. The first-order valence-electron chi connectivity index (χ1n) is 6.18. The molecule has 1 unspecified atom stereocenters. The predicted molar refractivity (Wildman–Crippen MR) is 76.4 cm³/mol. The fourth-order valence-electron chi connectivity index (χ4n) is 1.59. The van der Waals surface area contributed by atoms with E-state index < -0.39 is 0 Å². The average Bonchev–Trinajstić information content (AvgIpc) is 2.43. The number of hydrogen-bond acceptors (Lipinski definition) is 5. The third kappa shape index (κ3) is 6.16. The molecular weight excluding hydrogens is 260 g/mol. The van der Waals surface area contributed by atoms with Gasteiger partial charge in [-0.25, -0.2) is 14.6 Å². The van der Waals surface area contributed by atoms with E-state index in [0.29, 0.717) is 5.69 Å². The van der Waals surface area contributed by atoms with Crippen LogP contribution >= 0.6 is 11.8 Å². The van der Waals surface area contributed by atoms with E-state index in [4.69, 9.17) is 0 Å². The zero-order chi connectivity index (χ0) is 13.9. The van der Waals surface area contributed by atoms with E-state index in [1.165, 1.54) is 6.08 Å². The van der Waals surface area contributed by atoms with Crippen molar-refractivity contribution in [1.82, 2.24) is 0 Å². The number of nitrogens with zero attached hydrogens (tertiary/aromatic N) is 2. The van der Waals surface area contributed by atoms with Gasteiger partial charge in [0.1, 0.15) is 0 Å². The van der Waals surface area contributed by atoms with Crippen LogP contribution in [0.15, 0.2) is 39.1 Å². The van der Waals surface area contributed by atoms with Gasteiger partial charge in [0, 0.05) is 10.6 Å². The van der Waals surface area contributed by atoms with Crippen LogP contribution in [0, 0.1) is 0 Å². The van der Waals surface area contributed by atoms with Gasteiger partial charge in [-0.2, -0.15) is 4.99 Å². The minimum Gasteiger partial charge on any atom is -0.211 e. The van der Waals surface area contributed by atoms with Gasteiger partial charge in [-0.3, -0.25) is 0 Å². The van der Waals surface area contributed by atoms with Gasteiger partial charge in [-0.1, -0.05) is 25.8 Å². The number of thioether (sulfide) groups is 1. The van der Waals surface area contributed by atoms with Gasteiger partial charge in [0.15, 0.2) is 0 Å². The summed E-state index contributed by atoms with van der Waals surface area (Å²) in [6.07, 6.45) is 6.18. The molecule has 0 amide bonds. The van der Waals surface area contributed by atoms with Gasteiger partial charge >= 0.3 is 0 Å². The van der Waals surface area contributed by atoms with Crippen molar-refractivity contribution in [2.24, 2.45) is 9.98 Å². The van der Waals surface area contributed by atoms with Crippen LogP contribution in [-0.2, 0) is 9.59 Å². The van der Waals surface area contributed by atoms with Crippen molar-refractivity contribution < 1.29 is 9.59 Å². The van der Waals surface area contributed by atoms with Gasteiger partial charge in [-0.15, -0.1) is 11.8 Å². The molecule has 0 aliphatic carbocycles. The Hall–Kier alpha value is -1.67. The molecule has 1 atom stereocenters. The van der Waals surface area contributed by atoms with E-state index in [1.807, 2.05) is 18.2 Å². The maximum absolute atomic E-state index is 10.4. The Morgan fingerprint density at radius 3 is 2.84 bits per heavy atom. The fourth-order valence-corrected chi connectivity index (χ4v) is 2.59. The summed E-state index contributed by atoms with van der Waals surface area (Å²) in [4.78, 5) is 29.0. The summed E-state index contributed by atoms with van der Waals surface area (Å²) in [6.45, 7) is 2.11. The van der Waals surface area contributed by atoms with E-state index in [1.54, 1.807) is 23.9 Å². The standard InChI is InChI=1S/C14H16N2O2S/c1-2-3-5-13(16-11-18)9-19-14-7-4-6-12(8-14)15-10-17/h4,6-8,13H,2-3,5,9H2,1H3. The first-order chi connectivity index (χ1) is 9.30. The summed E-state index contributed by atoms with van der Waals surface area (Å²) >= 11 is 1.60. The molecule has 0 aliphatic heterocycles. The molecule has 0 aliphatic rings. The number of aliphatic imine (C=N–C) groups is 2. The Bertz CT molecular complexity index is 492. The van der Waals surface area contributed by atoms with Crippen LogP contribution in [0.5, 0.6) is 0 Å². The number of benzene rings is 1. The second-order valence-corrected chi connectivity index (χ2v) is 5.12. The highest BCUT2D eigenvalue weighted by atomic mass is 32.2. The largest absolute Gasteiger partial charge is 0.240 e. The quantitative estimate of drug-likeness (QED) is 0.414. The topological polar surface area (TPSA) is 58.9 Å². The molecule has 0 fully saturated rings. The lowest BCUT2D eigenvalue weighted by atomic mass is 10.1. The van der Waals surface area contributed by atoms with E-state index in [2.05, 4.69) is 16.9 Å². The summed E-state index contributed by atoms with van der Waals surface area (Å²) in [5.41, 5.74) is 0.587. The number of hydrogen-bond donors (Lipinski definition) is 0. The zero-order valence-corrected chi connectivity index (χ0v) is 11.7. The molecule has 1 rings (SSSR count). The van der Waals surface area contributed by atoms with Gasteiger partial charge < -0.3 is 0 Å². The number of unbranched alkanes of at least 4 members (excludes halogenated alkanes) is 1. The Kier molecular flexibility index (Phi) is 7.52. The van der Waals surface area contributed by atoms with Crippen LogP contribution in [0.3, 0.4) is 0 Å². The van der Waals surface area contributed by atoms with E-state index in [-0.39, 0.29) is 6.04 Å². The van der Waals surface area contributed by atoms with Gasteiger partial charge in [-0.05, 0) is 24.6 Å². The number of isocyanates is 2. The normalized spacial score (nSPS) is 11.2. The highest BCUT2D eigenvalue weighted by Crippen LogP contribution is 2.25. The van der Waals surface area contributed by atoms with Crippen molar-refractivity contribution in [1.29, 1.82) is 0 Å². The van der Waals surface area contributed by atoms with Gasteiger partial charge in [0.2, 0.25) is 12.2 Å². The van der Waals surface area contributed by atoms with E-state index in [0.717, 1.165) is 29.9 Å². The summed E-state index contributed by atoms with van der Waals surface area (Å²) in [6, 6.07) is 7.34. The zero-order valence-electron chi connectivity index (χ0n) is 10.8. The maximum atomic E-state index is 10.4. The Labute approximate surface area is 117 Å². The Balaban J connectivity index is 2.60. The molecule has 100 valence electrons. The first-order valence-corrected chi connectivity index (χ1v) is 7.16. The molecule has 19 heavy (non-hydrogen) atoms. The monoisotopic (exact) mass is 276 g/mol. The summed E-state index contributed by atoms with van der Waals surface area (Å²) in [7, 11) is 0. The van der Waals surface area contributed by atoms with Crippen molar-refractivity contribution in [2.45, 2.75) is 37.1 Å². The average molecular weight is 276 g/mol. The number of carbonyl (C=O) groups excluding carboxylic acids is 2. The predicted octanol–water partition coefficient (Wildman–Crippen LogP) is 3.64. The SMILES string of the molecule is CCCCC(CSc1cccc(N=C=O)c1)N=C=O. The van der Waals surface area contributed by atoms with Gasteiger partial charge in [0.05, 0.1) is 11.7 Å². The van der Waals surface area contributed by atoms with E-state index in [9.17, 15) is 9.59 Å². The highest BCUT2D eigenvalue weighted by molar-refractivity contribution is 7.99. The van der Waals surface area contributed by atoms with Crippen molar-refractivity contribution in [3.05, 3.63) is 24.3 Å².